The summed E-state index contributed by atoms with van der Waals surface area (Å²) < 4.78 is 6.01. The average Bonchev–Trinajstić information content (AvgIpc) is 3.12. The third-order valence-corrected chi connectivity index (χ3v) is 3.89. The second kappa shape index (κ2) is 5.18. The van der Waals surface area contributed by atoms with Gasteiger partial charge in [0.2, 0.25) is 0 Å². The van der Waals surface area contributed by atoms with Crippen LogP contribution in [0.2, 0.25) is 5.02 Å². The van der Waals surface area contributed by atoms with Gasteiger partial charge in [-0.25, -0.2) is 0 Å². The number of benzene rings is 1. The summed E-state index contributed by atoms with van der Waals surface area (Å²) in [7, 11) is 0. The molecule has 3 rings (SSSR count). The Bertz CT molecular complexity index is 584. The summed E-state index contributed by atoms with van der Waals surface area (Å²) in [6, 6.07) is 6.70. The Morgan fingerprint density at radius 3 is 2.84 bits per heavy atom. The molecule has 2 aromatic rings. The Morgan fingerprint density at radius 1 is 1.37 bits per heavy atom. The van der Waals surface area contributed by atoms with Crippen LogP contribution in [-0.2, 0) is 13.0 Å². The van der Waals surface area contributed by atoms with Crippen LogP contribution < -0.4 is 5.32 Å². The predicted octanol–water partition coefficient (Wildman–Crippen LogP) is 4.54. The standard InChI is InChI=1S/C16H20ClNO/c1-10(2)8-13-12-4-3-5-14(17)16(12)19-15(13)9-18-11-6-7-11/h3-5,10-11,18H,6-9H2,1-2H3. The smallest absolute Gasteiger partial charge is 0.153 e. The molecule has 0 saturated heterocycles. The van der Waals surface area contributed by atoms with Crippen molar-refractivity contribution >= 4 is 22.6 Å². The highest BCUT2D eigenvalue weighted by molar-refractivity contribution is 6.34. The monoisotopic (exact) mass is 277 g/mol. The first-order valence-corrected chi connectivity index (χ1v) is 7.45. The second-order valence-corrected chi connectivity index (χ2v) is 6.28. The van der Waals surface area contributed by atoms with Crippen LogP contribution in [0.25, 0.3) is 11.0 Å². The van der Waals surface area contributed by atoms with Crippen LogP contribution >= 0.6 is 11.6 Å². The van der Waals surface area contributed by atoms with E-state index in [2.05, 4.69) is 25.2 Å². The third-order valence-electron chi connectivity index (χ3n) is 3.59. The molecule has 19 heavy (non-hydrogen) atoms. The highest BCUT2D eigenvalue weighted by atomic mass is 35.5. The van der Waals surface area contributed by atoms with Crippen LogP contribution in [0.15, 0.2) is 22.6 Å². The summed E-state index contributed by atoms with van der Waals surface area (Å²) in [6.07, 6.45) is 3.62. The van der Waals surface area contributed by atoms with E-state index in [0.29, 0.717) is 17.0 Å². The predicted molar refractivity (Wildman–Crippen MR) is 79.6 cm³/mol. The fourth-order valence-corrected chi connectivity index (χ4v) is 2.70. The molecule has 1 heterocycles. The van der Waals surface area contributed by atoms with E-state index in [0.717, 1.165) is 24.3 Å². The number of furan rings is 1. The maximum atomic E-state index is 6.24. The van der Waals surface area contributed by atoms with Crippen LogP contribution in [0, 0.1) is 5.92 Å². The first kappa shape index (κ1) is 13.0. The topological polar surface area (TPSA) is 25.2 Å². The summed E-state index contributed by atoms with van der Waals surface area (Å²) in [5, 5.41) is 5.41. The molecule has 0 aliphatic heterocycles. The van der Waals surface area contributed by atoms with E-state index in [9.17, 15) is 0 Å². The van der Waals surface area contributed by atoms with Crippen molar-refractivity contribution in [3.63, 3.8) is 0 Å². The molecule has 3 heteroatoms. The van der Waals surface area contributed by atoms with E-state index in [-0.39, 0.29) is 0 Å². The van der Waals surface area contributed by atoms with Crippen LogP contribution in [0.3, 0.4) is 0 Å². The molecule has 1 fully saturated rings. The number of hydrogen-bond acceptors (Lipinski definition) is 2. The second-order valence-electron chi connectivity index (χ2n) is 5.87. The zero-order valence-electron chi connectivity index (χ0n) is 11.5. The average molecular weight is 278 g/mol. The Balaban J connectivity index is 1.99. The van der Waals surface area contributed by atoms with Crippen LogP contribution in [-0.4, -0.2) is 6.04 Å². The molecule has 1 aromatic carbocycles. The minimum absolute atomic E-state index is 0.611. The zero-order valence-corrected chi connectivity index (χ0v) is 12.3. The maximum absolute atomic E-state index is 6.24. The van der Waals surface area contributed by atoms with Crippen LogP contribution in [0.5, 0.6) is 0 Å². The molecular weight excluding hydrogens is 258 g/mol. The van der Waals surface area contributed by atoms with E-state index in [4.69, 9.17) is 16.0 Å². The number of hydrogen-bond donors (Lipinski definition) is 1. The molecule has 2 nitrogen and oxygen atoms in total. The van der Waals surface area contributed by atoms with Gasteiger partial charge in [-0.15, -0.1) is 0 Å². The largest absolute Gasteiger partial charge is 0.458 e. The molecule has 0 atom stereocenters. The van der Waals surface area contributed by atoms with E-state index < -0.39 is 0 Å². The third kappa shape index (κ3) is 2.80. The summed E-state index contributed by atoms with van der Waals surface area (Å²) >= 11 is 6.24. The van der Waals surface area contributed by atoms with Gasteiger partial charge in [0.05, 0.1) is 11.6 Å². The maximum Gasteiger partial charge on any atom is 0.153 e. The lowest BCUT2D eigenvalue weighted by molar-refractivity contribution is 0.500. The summed E-state index contributed by atoms with van der Waals surface area (Å²) in [6.45, 7) is 5.29. The fraction of sp³-hybridized carbons (Fsp3) is 0.500. The quantitative estimate of drug-likeness (QED) is 0.868. The number of halogens is 1. The molecule has 0 radical (unpaired) electrons. The lowest BCUT2D eigenvalue weighted by atomic mass is 10.00. The summed E-state index contributed by atoms with van der Waals surface area (Å²) in [5.41, 5.74) is 2.16. The molecule has 0 spiro atoms. The van der Waals surface area contributed by atoms with Crippen molar-refractivity contribution in [2.45, 2.75) is 45.7 Å². The Labute approximate surface area is 119 Å². The van der Waals surface area contributed by atoms with Crippen LogP contribution in [0.4, 0.5) is 0 Å². The first-order chi connectivity index (χ1) is 9.15. The summed E-state index contributed by atoms with van der Waals surface area (Å²) in [5.74, 6) is 1.67. The van der Waals surface area contributed by atoms with Crippen molar-refractivity contribution in [2.24, 2.45) is 5.92 Å². The molecule has 102 valence electrons. The molecule has 1 aliphatic carbocycles. The van der Waals surface area contributed by atoms with Crippen molar-refractivity contribution in [3.8, 4) is 0 Å². The van der Waals surface area contributed by atoms with Gasteiger partial charge < -0.3 is 9.73 Å². The lowest BCUT2D eigenvalue weighted by Gasteiger charge is -2.06. The Morgan fingerprint density at radius 2 is 2.16 bits per heavy atom. The minimum atomic E-state index is 0.611. The lowest BCUT2D eigenvalue weighted by Crippen LogP contribution is -2.16. The molecule has 0 amide bonds. The van der Waals surface area contributed by atoms with E-state index in [1.807, 2.05) is 12.1 Å². The number of nitrogens with one attached hydrogen (secondary N) is 1. The van der Waals surface area contributed by atoms with E-state index in [1.165, 1.54) is 23.8 Å². The minimum Gasteiger partial charge on any atom is -0.458 e. The molecule has 1 N–H and O–H groups in total. The molecule has 1 saturated carbocycles. The van der Waals surface area contributed by atoms with Gasteiger partial charge in [0.15, 0.2) is 5.58 Å². The van der Waals surface area contributed by atoms with Gasteiger partial charge in [-0.05, 0) is 31.2 Å². The van der Waals surface area contributed by atoms with E-state index >= 15 is 0 Å². The van der Waals surface area contributed by atoms with Gasteiger partial charge in [0.25, 0.3) is 0 Å². The van der Waals surface area contributed by atoms with Crippen LogP contribution in [0.1, 0.15) is 38.0 Å². The van der Waals surface area contributed by atoms with E-state index in [1.54, 1.807) is 0 Å². The van der Waals surface area contributed by atoms with Crippen molar-refractivity contribution in [1.82, 2.24) is 5.32 Å². The van der Waals surface area contributed by atoms with Gasteiger partial charge in [0, 0.05) is 17.0 Å². The highest BCUT2D eigenvalue weighted by Crippen LogP contribution is 2.33. The Kier molecular flexibility index (Phi) is 3.55. The highest BCUT2D eigenvalue weighted by Gasteiger charge is 2.23. The van der Waals surface area contributed by atoms with Gasteiger partial charge in [-0.1, -0.05) is 37.6 Å². The van der Waals surface area contributed by atoms with Crippen molar-refractivity contribution in [3.05, 3.63) is 34.5 Å². The van der Waals surface area contributed by atoms with Crippen molar-refractivity contribution in [2.75, 3.05) is 0 Å². The molecule has 1 aliphatic rings. The zero-order chi connectivity index (χ0) is 13.4. The summed E-state index contributed by atoms with van der Waals surface area (Å²) in [4.78, 5) is 0. The van der Waals surface area contributed by atoms with Crippen molar-refractivity contribution < 1.29 is 4.42 Å². The van der Waals surface area contributed by atoms with Gasteiger partial charge in [0.1, 0.15) is 5.76 Å². The molecule has 0 unspecified atom stereocenters. The molecular formula is C16H20ClNO. The van der Waals surface area contributed by atoms with Gasteiger partial charge in [-0.3, -0.25) is 0 Å². The van der Waals surface area contributed by atoms with Gasteiger partial charge in [-0.2, -0.15) is 0 Å². The number of rotatable bonds is 5. The van der Waals surface area contributed by atoms with Crippen molar-refractivity contribution in [1.29, 1.82) is 0 Å². The number of fused-ring (bicyclic) bond motifs is 1. The SMILES string of the molecule is CC(C)Cc1c(CNC2CC2)oc2c(Cl)cccc12. The Hall–Kier alpha value is -0.990. The molecule has 0 bridgehead atoms. The first-order valence-electron chi connectivity index (χ1n) is 7.07. The van der Waals surface area contributed by atoms with Gasteiger partial charge >= 0.3 is 0 Å². The number of para-hydroxylation sites is 1. The normalized spacial score (nSPS) is 15.6. The molecule has 1 aromatic heterocycles. The fourth-order valence-electron chi connectivity index (χ4n) is 2.48.